The monoisotopic (exact) mass is 467 g/mol. The van der Waals surface area contributed by atoms with Gasteiger partial charge in [-0.2, -0.15) is 0 Å². The third-order valence-electron chi connectivity index (χ3n) is 3.61. The van der Waals surface area contributed by atoms with Gasteiger partial charge >= 0.3 is 5.97 Å². The van der Waals surface area contributed by atoms with Gasteiger partial charge in [-0.3, -0.25) is 24.5 Å². The summed E-state index contributed by atoms with van der Waals surface area (Å²) in [5.41, 5.74) is 0.415. The van der Waals surface area contributed by atoms with E-state index < -0.39 is 23.4 Å². The Morgan fingerprint density at radius 2 is 1.77 bits per heavy atom. The molecule has 0 saturated heterocycles. The summed E-state index contributed by atoms with van der Waals surface area (Å²) in [7, 11) is 1.34. The van der Waals surface area contributed by atoms with Crippen molar-refractivity contribution in [1.29, 1.82) is 0 Å². The Balaban J connectivity index is 1.73. The van der Waals surface area contributed by atoms with Crippen molar-refractivity contribution in [2.24, 2.45) is 0 Å². The van der Waals surface area contributed by atoms with Gasteiger partial charge < -0.3 is 20.1 Å². The molecule has 0 aliphatic heterocycles. The van der Waals surface area contributed by atoms with Gasteiger partial charge in [0.15, 0.2) is 6.61 Å². The van der Waals surface area contributed by atoms with E-state index in [1.807, 2.05) is 0 Å². The first kappa shape index (κ1) is 24.0. The zero-order chi connectivity index (χ0) is 22.8. The van der Waals surface area contributed by atoms with Gasteiger partial charge in [0, 0.05) is 22.8 Å². The van der Waals surface area contributed by atoms with Gasteiger partial charge in [0.25, 0.3) is 11.6 Å². The molecule has 2 aromatic rings. The number of nitrogens with zero attached hydrogens (tertiary/aromatic N) is 1. The summed E-state index contributed by atoms with van der Waals surface area (Å²) in [6.45, 7) is -0.595. The van der Waals surface area contributed by atoms with Crippen LogP contribution >= 0.6 is 23.4 Å². The molecule has 0 aromatic heterocycles. The van der Waals surface area contributed by atoms with Gasteiger partial charge in [-0.25, -0.2) is 0 Å². The second-order valence-corrected chi connectivity index (χ2v) is 7.32. The minimum Gasteiger partial charge on any atom is -0.495 e. The molecule has 0 fully saturated rings. The normalized spacial score (nSPS) is 10.1. The Morgan fingerprint density at radius 3 is 2.42 bits per heavy atom. The lowest BCUT2D eigenvalue weighted by Crippen LogP contribution is -2.22. The van der Waals surface area contributed by atoms with Crippen molar-refractivity contribution >= 4 is 58.2 Å². The molecule has 0 unspecified atom stereocenters. The molecule has 12 heteroatoms. The maximum absolute atomic E-state index is 12.0. The first-order valence-electron chi connectivity index (χ1n) is 8.69. The summed E-state index contributed by atoms with van der Waals surface area (Å²) < 4.78 is 9.89. The van der Waals surface area contributed by atoms with E-state index in [0.29, 0.717) is 10.7 Å². The number of nitrogens with one attached hydrogen (secondary N) is 2. The van der Waals surface area contributed by atoms with Gasteiger partial charge in [-0.05, 0) is 30.3 Å². The van der Waals surface area contributed by atoms with Crippen LogP contribution in [0.25, 0.3) is 0 Å². The average molecular weight is 468 g/mol. The number of ether oxygens (including phenoxy) is 2. The van der Waals surface area contributed by atoms with Crippen LogP contribution in [0.2, 0.25) is 5.02 Å². The second kappa shape index (κ2) is 11.8. The van der Waals surface area contributed by atoms with E-state index in [-0.39, 0.29) is 34.5 Å². The van der Waals surface area contributed by atoms with Crippen molar-refractivity contribution in [1.82, 2.24) is 0 Å². The molecule has 31 heavy (non-hydrogen) atoms. The average Bonchev–Trinajstić information content (AvgIpc) is 2.73. The molecule has 0 heterocycles. The fourth-order valence-corrected chi connectivity index (χ4v) is 2.97. The molecule has 2 aromatic carbocycles. The van der Waals surface area contributed by atoms with E-state index in [0.717, 1.165) is 17.8 Å². The van der Waals surface area contributed by atoms with Gasteiger partial charge in [0.2, 0.25) is 5.91 Å². The fourth-order valence-electron chi connectivity index (χ4n) is 2.24. The number of esters is 1. The molecule has 0 radical (unpaired) electrons. The van der Waals surface area contributed by atoms with Crippen LogP contribution in [0.3, 0.4) is 0 Å². The van der Waals surface area contributed by atoms with Gasteiger partial charge in [-0.15, -0.1) is 11.8 Å². The van der Waals surface area contributed by atoms with Crippen molar-refractivity contribution in [3.63, 3.8) is 0 Å². The first-order chi connectivity index (χ1) is 14.8. The predicted molar refractivity (Wildman–Crippen MR) is 117 cm³/mol. The number of carbonyl (C=O) groups is 3. The number of non-ortho nitro benzene ring substituents is 1. The zero-order valence-corrected chi connectivity index (χ0v) is 17.8. The number of carbonyl (C=O) groups excluding carboxylic acids is 3. The first-order valence-corrected chi connectivity index (χ1v) is 10.2. The number of hydrogen-bond donors (Lipinski definition) is 2. The number of anilines is 2. The minimum atomic E-state index is -0.697. The Bertz CT molecular complexity index is 969. The lowest BCUT2D eigenvalue weighted by atomic mass is 10.2. The highest BCUT2D eigenvalue weighted by Crippen LogP contribution is 2.28. The van der Waals surface area contributed by atoms with Gasteiger partial charge in [-0.1, -0.05) is 11.6 Å². The van der Waals surface area contributed by atoms with Crippen molar-refractivity contribution in [2.45, 2.75) is 0 Å². The SMILES string of the molecule is COc1ccc([N+](=O)[O-])cc1NC(=O)COC(=O)CSCC(=O)Nc1ccc(Cl)cc1. The largest absolute Gasteiger partial charge is 0.495 e. The number of halogens is 1. The topological polar surface area (TPSA) is 137 Å². The van der Waals surface area contributed by atoms with E-state index in [1.54, 1.807) is 24.3 Å². The number of thioether (sulfide) groups is 1. The second-order valence-electron chi connectivity index (χ2n) is 5.90. The van der Waals surface area contributed by atoms with Crippen LogP contribution in [0, 0.1) is 10.1 Å². The van der Waals surface area contributed by atoms with E-state index in [4.69, 9.17) is 21.1 Å². The number of amides is 2. The number of benzene rings is 2. The van der Waals surface area contributed by atoms with E-state index in [9.17, 15) is 24.5 Å². The van der Waals surface area contributed by atoms with E-state index in [2.05, 4.69) is 10.6 Å². The lowest BCUT2D eigenvalue weighted by molar-refractivity contribution is -0.384. The molecule has 0 spiro atoms. The molecule has 0 aliphatic carbocycles. The summed E-state index contributed by atoms with van der Waals surface area (Å²) in [5.74, 6) is -1.61. The molecular formula is C19H18ClN3O7S. The van der Waals surface area contributed by atoms with Crippen LogP contribution in [-0.4, -0.2) is 47.9 Å². The minimum absolute atomic E-state index is 0.00873. The standard InChI is InChI=1S/C19H18ClN3O7S/c1-29-16-7-6-14(23(27)28)8-15(16)22-17(24)9-30-19(26)11-31-10-18(25)21-13-4-2-12(20)3-5-13/h2-8H,9-11H2,1H3,(H,21,25)(H,22,24). The Morgan fingerprint density at radius 1 is 1.06 bits per heavy atom. The van der Waals surface area contributed by atoms with Crippen molar-refractivity contribution in [3.8, 4) is 5.75 Å². The smallest absolute Gasteiger partial charge is 0.316 e. The molecule has 10 nitrogen and oxygen atoms in total. The number of methoxy groups -OCH3 is 1. The predicted octanol–water partition coefficient (Wildman–Crippen LogP) is 3.11. The highest BCUT2D eigenvalue weighted by Gasteiger charge is 2.15. The van der Waals surface area contributed by atoms with Gasteiger partial charge in [0.05, 0.1) is 29.2 Å². The van der Waals surface area contributed by atoms with Crippen LogP contribution in [0.4, 0.5) is 17.1 Å². The molecule has 2 rings (SSSR count). The fraction of sp³-hybridized carbons (Fsp3) is 0.211. The Kier molecular flexibility index (Phi) is 9.10. The van der Waals surface area contributed by atoms with Gasteiger partial charge in [0.1, 0.15) is 5.75 Å². The Hall–Kier alpha value is -3.31. The van der Waals surface area contributed by atoms with Crippen LogP contribution in [0.15, 0.2) is 42.5 Å². The van der Waals surface area contributed by atoms with Crippen LogP contribution in [0.1, 0.15) is 0 Å². The van der Waals surface area contributed by atoms with Crippen molar-refractivity contribution in [3.05, 3.63) is 57.6 Å². The number of hydrogen-bond acceptors (Lipinski definition) is 8. The number of nitro benzene ring substituents is 1. The number of rotatable bonds is 10. The Labute approximate surface area is 186 Å². The highest BCUT2D eigenvalue weighted by atomic mass is 35.5. The molecule has 0 bridgehead atoms. The van der Waals surface area contributed by atoms with Crippen LogP contribution < -0.4 is 15.4 Å². The zero-order valence-electron chi connectivity index (χ0n) is 16.3. The maximum Gasteiger partial charge on any atom is 0.316 e. The summed E-state index contributed by atoms with van der Waals surface area (Å²) in [6.07, 6.45) is 0. The molecule has 2 N–H and O–H groups in total. The summed E-state index contributed by atoms with van der Waals surface area (Å²) in [5, 5.41) is 16.4. The third-order valence-corrected chi connectivity index (χ3v) is 4.77. The highest BCUT2D eigenvalue weighted by molar-refractivity contribution is 8.00. The summed E-state index contributed by atoms with van der Waals surface area (Å²) in [6, 6.07) is 10.3. The van der Waals surface area contributed by atoms with Crippen LogP contribution in [0.5, 0.6) is 5.75 Å². The molecule has 2 amide bonds. The third kappa shape index (κ3) is 8.15. The van der Waals surface area contributed by atoms with Crippen molar-refractivity contribution < 1.29 is 28.8 Å². The molecule has 0 aliphatic rings. The van der Waals surface area contributed by atoms with Crippen molar-refractivity contribution in [2.75, 3.05) is 35.9 Å². The summed E-state index contributed by atoms with van der Waals surface area (Å²) in [4.78, 5) is 45.8. The summed E-state index contributed by atoms with van der Waals surface area (Å²) >= 11 is 6.79. The quantitative estimate of drug-likeness (QED) is 0.309. The molecule has 0 saturated carbocycles. The van der Waals surface area contributed by atoms with E-state index >= 15 is 0 Å². The lowest BCUT2D eigenvalue weighted by Gasteiger charge is -2.10. The number of nitro groups is 1. The maximum atomic E-state index is 12.0. The molecular weight excluding hydrogens is 450 g/mol. The van der Waals surface area contributed by atoms with Crippen LogP contribution in [-0.2, 0) is 19.1 Å². The molecule has 0 atom stereocenters. The van der Waals surface area contributed by atoms with E-state index in [1.165, 1.54) is 19.2 Å². The molecule has 164 valence electrons.